The first-order valence-electron chi connectivity index (χ1n) is 5.89. The van der Waals surface area contributed by atoms with Crippen LogP contribution in [0.1, 0.15) is 0 Å². The summed E-state index contributed by atoms with van der Waals surface area (Å²) in [5.41, 5.74) is 0. The maximum Gasteiger partial charge on any atom is 0.198 e. The minimum Gasteiger partial charge on any atom is -0.205 e. The van der Waals surface area contributed by atoms with Crippen molar-refractivity contribution >= 4 is 37.5 Å². The zero-order valence-electron chi connectivity index (χ0n) is 10.8. The summed E-state index contributed by atoms with van der Waals surface area (Å²) < 4.78 is 123. The fourth-order valence-corrected chi connectivity index (χ4v) is 2.71. The van der Waals surface area contributed by atoms with Crippen LogP contribution < -0.4 is 0 Å². The van der Waals surface area contributed by atoms with Gasteiger partial charge in [0.1, 0.15) is 11.6 Å². The van der Waals surface area contributed by atoms with Gasteiger partial charge in [0.15, 0.2) is 40.7 Å². The molecule has 0 unspecified atom stereocenters. The molecule has 0 nitrogen and oxygen atoms in total. The second-order valence-corrected chi connectivity index (χ2v) is 5.43. The summed E-state index contributed by atoms with van der Waals surface area (Å²) in [4.78, 5) is 0. The molecule has 0 amide bonds. The molecular weight excluding hydrogens is 419 g/mol. The molecule has 0 spiro atoms. The molecule has 0 N–H and O–H groups in total. The van der Waals surface area contributed by atoms with E-state index in [0.29, 0.717) is 0 Å². The van der Waals surface area contributed by atoms with E-state index in [1.165, 1.54) is 0 Å². The van der Waals surface area contributed by atoms with E-state index in [9.17, 15) is 39.5 Å². The molecular formula is C14BrF9. The zero-order chi connectivity index (χ0) is 18.1. The highest BCUT2D eigenvalue weighted by Gasteiger charge is 2.32. The summed E-state index contributed by atoms with van der Waals surface area (Å²) in [6.07, 6.45) is 0. The predicted molar refractivity (Wildman–Crippen MR) is 68.8 cm³/mol. The van der Waals surface area contributed by atoms with Gasteiger partial charge >= 0.3 is 0 Å². The Kier molecular flexibility index (Phi) is 3.70. The summed E-state index contributed by atoms with van der Waals surface area (Å²) in [5.74, 6) is -19.9. The molecule has 0 aliphatic heterocycles. The summed E-state index contributed by atoms with van der Waals surface area (Å²) >= 11 is 2.25. The number of benzene rings is 3. The van der Waals surface area contributed by atoms with E-state index in [2.05, 4.69) is 15.9 Å². The van der Waals surface area contributed by atoms with Crippen LogP contribution in [-0.2, 0) is 0 Å². The first kappa shape index (κ1) is 16.9. The second-order valence-electron chi connectivity index (χ2n) is 4.64. The lowest BCUT2D eigenvalue weighted by Gasteiger charge is -2.13. The van der Waals surface area contributed by atoms with Crippen LogP contribution in [0, 0.1) is 52.4 Å². The minimum atomic E-state index is -2.49. The van der Waals surface area contributed by atoms with E-state index in [1.54, 1.807) is 0 Å². The Morgan fingerprint density at radius 3 is 1.00 bits per heavy atom. The number of hydrogen-bond donors (Lipinski definition) is 0. The average molecular weight is 419 g/mol. The maximum atomic E-state index is 14.3. The lowest BCUT2D eigenvalue weighted by molar-refractivity contribution is 0.414. The molecule has 0 aliphatic rings. The van der Waals surface area contributed by atoms with E-state index in [0.717, 1.165) is 0 Å². The Morgan fingerprint density at radius 1 is 0.333 bits per heavy atom. The number of fused-ring (bicyclic) bond motifs is 2. The van der Waals surface area contributed by atoms with Gasteiger partial charge in [0.2, 0.25) is 0 Å². The molecule has 0 heterocycles. The van der Waals surface area contributed by atoms with Gasteiger partial charge < -0.3 is 0 Å². The number of rotatable bonds is 0. The van der Waals surface area contributed by atoms with E-state index in [4.69, 9.17) is 0 Å². The molecule has 0 atom stereocenters. The fraction of sp³-hybridized carbons (Fsp3) is 0. The van der Waals surface area contributed by atoms with Crippen LogP contribution in [0.2, 0.25) is 0 Å². The highest BCUT2D eigenvalue weighted by Crippen LogP contribution is 2.40. The van der Waals surface area contributed by atoms with Crippen molar-refractivity contribution < 1.29 is 39.5 Å². The van der Waals surface area contributed by atoms with E-state index in [-0.39, 0.29) is 0 Å². The lowest BCUT2D eigenvalue weighted by atomic mass is 9.99. The van der Waals surface area contributed by atoms with Crippen LogP contribution in [-0.4, -0.2) is 0 Å². The van der Waals surface area contributed by atoms with Crippen molar-refractivity contribution in [3.8, 4) is 0 Å². The van der Waals surface area contributed by atoms with Gasteiger partial charge in [0, 0.05) is 0 Å². The third-order valence-corrected chi connectivity index (χ3v) is 4.11. The van der Waals surface area contributed by atoms with Gasteiger partial charge in [0.25, 0.3) is 0 Å². The lowest BCUT2D eigenvalue weighted by Crippen LogP contribution is -2.06. The normalized spacial score (nSPS) is 11.8. The predicted octanol–water partition coefficient (Wildman–Crippen LogP) is 6.01. The standard InChI is InChI=1S/C14BrF9/c15-5-8(18)1-2(9(19)12(5)22)7(17)4-3(6(1)16)10(20)13(23)14(24)11(4)21. The van der Waals surface area contributed by atoms with Crippen molar-refractivity contribution in [3.63, 3.8) is 0 Å². The monoisotopic (exact) mass is 418 g/mol. The minimum absolute atomic E-state index is 1.24. The molecule has 0 radical (unpaired) electrons. The fourth-order valence-electron chi connectivity index (χ4n) is 2.34. The molecule has 0 saturated heterocycles. The average Bonchev–Trinajstić information content (AvgIpc) is 2.55. The van der Waals surface area contributed by atoms with Gasteiger partial charge in [0.05, 0.1) is 26.0 Å². The van der Waals surface area contributed by atoms with Gasteiger partial charge in [-0.25, -0.2) is 39.5 Å². The Balaban J connectivity index is 2.82. The molecule has 0 aromatic heterocycles. The molecule has 0 fully saturated rings. The van der Waals surface area contributed by atoms with Crippen LogP contribution in [0.4, 0.5) is 39.5 Å². The Hall–Kier alpha value is -1.97. The van der Waals surface area contributed by atoms with Crippen molar-refractivity contribution in [1.29, 1.82) is 0 Å². The molecule has 24 heavy (non-hydrogen) atoms. The largest absolute Gasteiger partial charge is 0.205 e. The van der Waals surface area contributed by atoms with Gasteiger partial charge in [-0.05, 0) is 15.9 Å². The third kappa shape index (κ3) is 1.89. The van der Waals surface area contributed by atoms with Crippen molar-refractivity contribution in [1.82, 2.24) is 0 Å². The van der Waals surface area contributed by atoms with Gasteiger partial charge in [-0.3, -0.25) is 0 Å². The molecule has 3 aromatic rings. The van der Waals surface area contributed by atoms with Crippen LogP contribution in [0.5, 0.6) is 0 Å². The highest BCUT2D eigenvalue weighted by atomic mass is 79.9. The van der Waals surface area contributed by atoms with Crippen molar-refractivity contribution in [3.05, 3.63) is 56.8 Å². The molecule has 3 aromatic carbocycles. The van der Waals surface area contributed by atoms with Crippen LogP contribution >= 0.6 is 15.9 Å². The van der Waals surface area contributed by atoms with Gasteiger partial charge in [-0.2, -0.15) is 0 Å². The number of hydrogen-bond acceptors (Lipinski definition) is 0. The van der Waals surface area contributed by atoms with Crippen LogP contribution in [0.15, 0.2) is 4.47 Å². The van der Waals surface area contributed by atoms with Crippen molar-refractivity contribution in [2.75, 3.05) is 0 Å². The summed E-state index contributed by atoms with van der Waals surface area (Å²) in [5, 5.41) is -6.87. The zero-order valence-corrected chi connectivity index (χ0v) is 12.4. The van der Waals surface area contributed by atoms with E-state index < -0.39 is 78.4 Å². The Morgan fingerprint density at radius 2 is 0.625 bits per heavy atom. The second kappa shape index (κ2) is 5.27. The summed E-state index contributed by atoms with van der Waals surface area (Å²) in [6, 6.07) is 0. The van der Waals surface area contributed by atoms with Crippen LogP contribution in [0.3, 0.4) is 0 Å². The van der Waals surface area contributed by atoms with Crippen molar-refractivity contribution in [2.45, 2.75) is 0 Å². The highest BCUT2D eigenvalue weighted by molar-refractivity contribution is 9.10. The SMILES string of the molecule is Fc1c(F)c(F)c2c(F)c3c(F)c(Br)c(F)c(F)c3c(F)c2c1F. The van der Waals surface area contributed by atoms with Gasteiger partial charge in [-0.15, -0.1) is 0 Å². The van der Waals surface area contributed by atoms with Crippen molar-refractivity contribution in [2.24, 2.45) is 0 Å². The molecule has 0 bridgehead atoms. The van der Waals surface area contributed by atoms with Gasteiger partial charge in [-0.1, -0.05) is 0 Å². The molecule has 10 heteroatoms. The first-order valence-corrected chi connectivity index (χ1v) is 6.68. The Bertz CT molecular complexity index is 894. The number of halogens is 10. The van der Waals surface area contributed by atoms with Crippen LogP contribution in [0.25, 0.3) is 21.5 Å². The first-order chi connectivity index (χ1) is 11.1. The molecule has 0 saturated carbocycles. The summed E-state index contributed by atoms with van der Waals surface area (Å²) in [6.45, 7) is 0. The molecule has 0 aliphatic carbocycles. The third-order valence-electron chi connectivity index (χ3n) is 3.41. The smallest absolute Gasteiger partial charge is 0.198 e. The topological polar surface area (TPSA) is 0 Å². The maximum absolute atomic E-state index is 14.3. The van der Waals surface area contributed by atoms with E-state index in [1.807, 2.05) is 0 Å². The quantitative estimate of drug-likeness (QED) is 0.181. The Labute approximate surface area is 134 Å². The molecule has 126 valence electrons. The summed E-state index contributed by atoms with van der Waals surface area (Å²) in [7, 11) is 0. The molecule has 3 rings (SSSR count). The van der Waals surface area contributed by atoms with E-state index >= 15 is 0 Å².